The number of carbonyl (C=O) groups is 2. The number of carbonyl (C=O) groups excluding carboxylic acids is 2. The number of nitrogens with two attached hydrogens (primary N) is 1. The van der Waals surface area contributed by atoms with Crippen LogP contribution in [0.25, 0.3) is 0 Å². The molecule has 5 nitrogen and oxygen atoms in total. The van der Waals surface area contributed by atoms with E-state index in [2.05, 4.69) is 9.80 Å². The lowest BCUT2D eigenvalue weighted by Crippen LogP contribution is -2.54. The Morgan fingerprint density at radius 3 is 2.35 bits per heavy atom. The molecule has 2 aliphatic rings. The van der Waals surface area contributed by atoms with Crippen LogP contribution in [0.2, 0.25) is 0 Å². The summed E-state index contributed by atoms with van der Waals surface area (Å²) in [6, 6.07) is 8.79. The van der Waals surface area contributed by atoms with E-state index in [0.717, 1.165) is 32.5 Å². The van der Waals surface area contributed by atoms with E-state index in [4.69, 9.17) is 5.73 Å². The minimum atomic E-state index is -0.369. The van der Waals surface area contributed by atoms with Crippen molar-refractivity contribution in [2.75, 3.05) is 32.8 Å². The first-order valence-corrected chi connectivity index (χ1v) is 11.1. The average Bonchev–Trinajstić information content (AvgIpc) is 2.87. The number of amides is 1. The molecule has 0 spiro atoms. The average molecular weight is 375 g/mol. The van der Waals surface area contributed by atoms with Gasteiger partial charge in [0.05, 0.1) is 6.54 Å². The Morgan fingerprint density at radius 2 is 1.77 bits per heavy atom. The predicted octanol–water partition coefficient (Wildman–Crippen LogP) is 2.09. The normalized spacial score (nSPS) is 23.7. The van der Waals surface area contributed by atoms with Crippen LogP contribution in [-0.2, 0) is 11.2 Å². The Morgan fingerprint density at radius 1 is 1.12 bits per heavy atom. The second kappa shape index (κ2) is 9.07. The van der Waals surface area contributed by atoms with Crippen molar-refractivity contribution >= 4 is 20.0 Å². The molecule has 2 heterocycles. The number of fused-ring (bicyclic) bond motifs is 2. The molecular weight excluding hydrogens is 345 g/mol. The molecule has 1 amide bonds. The number of aryl methyl sites for hydroxylation is 1. The fourth-order valence-electron chi connectivity index (χ4n) is 4.26. The molecule has 0 radical (unpaired) electrons. The molecule has 26 heavy (non-hydrogen) atoms. The number of nitrogens with zero attached hydrogens (tertiary/aromatic N) is 2. The number of primary amides is 1. The summed E-state index contributed by atoms with van der Waals surface area (Å²) < 4.78 is 0. The summed E-state index contributed by atoms with van der Waals surface area (Å²) in [5.74, 6) is -0.369. The Labute approximate surface area is 158 Å². The maximum absolute atomic E-state index is 11.8. The molecule has 2 fully saturated rings. The van der Waals surface area contributed by atoms with Crippen LogP contribution in [0.1, 0.15) is 41.6 Å². The van der Waals surface area contributed by atoms with Gasteiger partial charge < -0.3 is 10.6 Å². The largest absolute Gasteiger partial charge is 0.366 e. The molecule has 2 aliphatic heterocycles. The molecule has 3 rings (SSSR count). The third-order valence-electron chi connectivity index (χ3n) is 5.74. The minimum Gasteiger partial charge on any atom is -0.366 e. The molecule has 2 saturated heterocycles. The molecular formula is C20H30N3O2P. The summed E-state index contributed by atoms with van der Waals surface area (Å²) in [6.45, 7) is 6.03. The van der Waals surface area contributed by atoms with E-state index < -0.39 is 0 Å². The first-order valence-electron chi connectivity index (χ1n) is 9.64. The van der Waals surface area contributed by atoms with Gasteiger partial charge in [-0.1, -0.05) is 20.7 Å². The molecule has 3 unspecified atom stereocenters. The van der Waals surface area contributed by atoms with Gasteiger partial charge in [-0.3, -0.25) is 14.5 Å². The van der Waals surface area contributed by atoms with Crippen LogP contribution >= 0.6 is 8.58 Å². The lowest BCUT2D eigenvalue weighted by atomic mass is 10.1. The van der Waals surface area contributed by atoms with Gasteiger partial charge in [-0.05, 0) is 63.0 Å². The second-order valence-electron chi connectivity index (χ2n) is 7.51. The molecule has 1 aromatic carbocycles. The zero-order valence-electron chi connectivity index (χ0n) is 15.6. The van der Waals surface area contributed by atoms with Crippen LogP contribution in [0.5, 0.6) is 0 Å². The highest BCUT2D eigenvalue weighted by molar-refractivity contribution is 7.57. The van der Waals surface area contributed by atoms with E-state index in [-0.39, 0.29) is 5.91 Å². The number of likely N-dealkylation sites (tertiary alicyclic amines) is 1. The first-order chi connectivity index (χ1) is 12.6. The maximum atomic E-state index is 11.8. The van der Waals surface area contributed by atoms with Crippen molar-refractivity contribution in [3.63, 3.8) is 0 Å². The standard InChI is InChI=1S/C20H30N3O2P/c1-26-19(24)14-23-17-9-10-18(23)13-22(12-17)11-3-2-4-15-5-7-16(8-6-15)20(21)25/h5-8,17-18,26H,2-4,9-14H2,1H3,(H2,21,25). The summed E-state index contributed by atoms with van der Waals surface area (Å²) in [7, 11) is 0.421. The van der Waals surface area contributed by atoms with Crippen LogP contribution < -0.4 is 5.73 Å². The van der Waals surface area contributed by atoms with Crippen LogP contribution in [-0.4, -0.2) is 66.2 Å². The highest BCUT2D eigenvalue weighted by atomic mass is 31.1. The van der Waals surface area contributed by atoms with Crippen molar-refractivity contribution in [3.8, 4) is 0 Å². The second-order valence-corrected chi connectivity index (χ2v) is 8.57. The smallest absolute Gasteiger partial charge is 0.248 e. The van der Waals surface area contributed by atoms with Gasteiger partial charge in [0.15, 0.2) is 5.52 Å². The first kappa shape index (κ1) is 19.5. The summed E-state index contributed by atoms with van der Waals surface area (Å²) in [4.78, 5) is 28.0. The highest BCUT2D eigenvalue weighted by Gasteiger charge is 2.39. The van der Waals surface area contributed by atoms with Gasteiger partial charge in [-0.15, -0.1) is 0 Å². The molecule has 1 aromatic rings. The molecule has 2 bridgehead atoms. The fourth-order valence-corrected chi connectivity index (χ4v) is 4.60. The minimum absolute atomic E-state index is 0.369. The van der Waals surface area contributed by atoms with E-state index >= 15 is 0 Å². The van der Waals surface area contributed by atoms with E-state index in [9.17, 15) is 9.59 Å². The van der Waals surface area contributed by atoms with Crippen molar-refractivity contribution in [2.45, 2.75) is 44.2 Å². The number of hydrogen-bond acceptors (Lipinski definition) is 4. The highest BCUT2D eigenvalue weighted by Crippen LogP contribution is 2.30. The number of rotatable bonds is 9. The van der Waals surface area contributed by atoms with E-state index in [1.54, 1.807) is 0 Å². The zero-order valence-corrected chi connectivity index (χ0v) is 16.6. The topological polar surface area (TPSA) is 66.6 Å². The zero-order chi connectivity index (χ0) is 18.5. The molecule has 0 saturated carbocycles. The van der Waals surface area contributed by atoms with Gasteiger partial charge in [0.2, 0.25) is 5.91 Å². The predicted molar refractivity (Wildman–Crippen MR) is 107 cm³/mol. The maximum Gasteiger partial charge on any atom is 0.248 e. The Kier molecular flexibility index (Phi) is 6.80. The lowest BCUT2D eigenvalue weighted by molar-refractivity contribution is -0.113. The van der Waals surface area contributed by atoms with E-state index in [0.29, 0.717) is 38.3 Å². The van der Waals surface area contributed by atoms with Crippen molar-refractivity contribution < 1.29 is 9.59 Å². The van der Waals surface area contributed by atoms with Crippen molar-refractivity contribution in [1.82, 2.24) is 9.80 Å². The molecule has 0 aliphatic carbocycles. The van der Waals surface area contributed by atoms with Crippen LogP contribution in [0.15, 0.2) is 24.3 Å². The molecule has 142 valence electrons. The van der Waals surface area contributed by atoms with Gasteiger partial charge in [-0.25, -0.2) is 0 Å². The number of piperazine rings is 1. The third-order valence-corrected chi connectivity index (χ3v) is 6.46. The van der Waals surface area contributed by atoms with Crippen molar-refractivity contribution in [1.29, 1.82) is 0 Å². The summed E-state index contributed by atoms with van der Waals surface area (Å²) >= 11 is 0. The summed E-state index contributed by atoms with van der Waals surface area (Å²) in [6.07, 6.45) is 5.87. The van der Waals surface area contributed by atoms with E-state index in [1.165, 1.54) is 24.8 Å². The van der Waals surface area contributed by atoms with Gasteiger partial charge in [0.25, 0.3) is 0 Å². The number of unbranched alkanes of at least 4 members (excludes halogenated alkanes) is 1. The summed E-state index contributed by atoms with van der Waals surface area (Å²) in [5, 5.41) is 0. The van der Waals surface area contributed by atoms with Crippen LogP contribution in [0, 0.1) is 0 Å². The quantitative estimate of drug-likeness (QED) is 0.530. The molecule has 3 atom stereocenters. The van der Waals surface area contributed by atoms with Crippen LogP contribution in [0.3, 0.4) is 0 Å². The summed E-state index contributed by atoms with van der Waals surface area (Å²) in [5.41, 5.74) is 7.51. The van der Waals surface area contributed by atoms with Gasteiger partial charge in [-0.2, -0.15) is 0 Å². The molecule has 0 aromatic heterocycles. The molecule has 2 N–H and O–H groups in total. The van der Waals surface area contributed by atoms with Crippen molar-refractivity contribution in [3.05, 3.63) is 35.4 Å². The van der Waals surface area contributed by atoms with Gasteiger partial charge in [0.1, 0.15) is 0 Å². The van der Waals surface area contributed by atoms with Gasteiger partial charge in [0, 0.05) is 30.7 Å². The lowest BCUT2D eigenvalue weighted by Gasteiger charge is -2.40. The van der Waals surface area contributed by atoms with Crippen molar-refractivity contribution in [2.24, 2.45) is 5.73 Å². The number of benzene rings is 1. The Hall–Kier alpha value is -1.29. The number of hydrogen-bond donors (Lipinski definition) is 1. The molecule has 6 heteroatoms. The monoisotopic (exact) mass is 375 g/mol. The Bertz CT molecular complexity index is 620. The third kappa shape index (κ3) is 4.91. The Balaban J connectivity index is 1.39. The fraction of sp³-hybridized carbons (Fsp3) is 0.600. The van der Waals surface area contributed by atoms with E-state index in [1.807, 2.05) is 30.9 Å². The van der Waals surface area contributed by atoms with Crippen LogP contribution in [0.4, 0.5) is 0 Å². The SMILES string of the molecule is CPC(=O)CN1C2CCC1CN(CCCCc1ccc(C(N)=O)cc1)C2. The van der Waals surface area contributed by atoms with Gasteiger partial charge >= 0.3 is 0 Å².